The SMILES string of the molecule is CNc1nonc1/C(=N/N)N(CC(=O)Nc1ccccc1)NC. The first-order valence-corrected chi connectivity index (χ1v) is 6.78. The Morgan fingerprint density at radius 2 is 2.04 bits per heavy atom. The third-order valence-corrected chi connectivity index (χ3v) is 2.94. The molecule has 10 nitrogen and oxygen atoms in total. The van der Waals surface area contributed by atoms with Crippen LogP contribution in [0.2, 0.25) is 0 Å². The second kappa shape index (κ2) is 7.75. The number of rotatable bonds is 6. The average molecular weight is 318 g/mol. The zero-order valence-corrected chi connectivity index (χ0v) is 12.8. The zero-order valence-electron chi connectivity index (χ0n) is 12.8. The molecule has 0 aliphatic rings. The van der Waals surface area contributed by atoms with Gasteiger partial charge in [0, 0.05) is 19.8 Å². The first kappa shape index (κ1) is 16.2. The fourth-order valence-corrected chi connectivity index (χ4v) is 1.88. The van der Waals surface area contributed by atoms with Gasteiger partial charge in [0.1, 0.15) is 6.54 Å². The van der Waals surface area contributed by atoms with E-state index >= 15 is 0 Å². The van der Waals surface area contributed by atoms with Gasteiger partial charge in [0.25, 0.3) is 0 Å². The number of nitrogens with two attached hydrogens (primary N) is 1. The van der Waals surface area contributed by atoms with Crippen LogP contribution in [0.4, 0.5) is 11.5 Å². The summed E-state index contributed by atoms with van der Waals surface area (Å²) < 4.78 is 4.66. The Hall–Kier alpha value is -3.14. The Morgan fingerprint density at radius 3 is 2.65 bits per heavy atom. The molecular weight excluding hydrogens is 300 g/mol. The maximum Gasteiger partial charge on any atom is 0.245 e. The van der Waals surface area contributed by atoms with Gasteiger partial charge in [-0.2, -0.15) is 5.10 Å². The predicted octanol–water partition coefficient (Wildman–Crippen LogP) is -0.193. The quantitative estimate of drug-likeness (QED) is 0.249. The molecule has 23 heavy (non-hydrogen) atoms. The maximum atomic E-state index is 12.2. The lowest BCUT2D eigenvalue weighted by Gasteiger charge is -2.22. The number of para-hydroxylation sites is 1. The second-order valence-corrected chi connectivity index (χ2v) is 4.39. The summed E-state index contributed by atoms with van der Waals surface area (Å²) in [7, 11) is 3.29. The van der Waals surface area contributed by atoms with Crippen LogP contribution in [0.1, 0.15) is 5.69 Å². The van der Waals surface area contributed by atoms with E-state index in [1.165, 1.54) is 5.01 Å². The molecule has 10 heteroatoms. The Bertz CT molecular complexity index is 670. The van der Waals surface area contributed by atoms with Crippen molar-refractivity contribution in [1.82, 2.24) is 20.7 Å². The van der Waals surface area contributed by atoms with Crippen molar-refractivity contribution >= 4 is 23.2 Å². The van der Waals surface area contributed by atoms with Crippen molar-refractivity contribution in [3.05, 3.63) is 36.0 Å². The van der Waals surface area contributed by atoms with Gasteiger partial charge in [-0.1, -0.05) is 18.2 Å². The van der Waals surface area contributed by atoms with Gasteiger partial charge < -0.3 is 16.5 Å². The van der Waals surface area contributed by atoms with Crippen LogP contribution in [0.5, 0.6) is 0 Å². The Morgan fingerprint density at radius 1 is 1.30 bits per heavy atom. The monoisotopic (exact) mass is 318 g/mol. The van der Waals surface area contributed by atoms with Crippen molar-refractivity contribution in [3.8, 4) is 0 Å². The lowest BCUT2D eigenvalue weighted by molar-refractivity contribution is -0.116. The van der Waals surface area contributed by atoms with E-state index in [1.807, 2.05) is 18.2 Å². The van der Waals surface area contributed by atoms with Gasteiger partial charge in [0.15, 0.2) is 11.5 Å². The number of hydrazone groups is 1. The van der Waals surface area contributed by atoms with Crippen LogP contribution in [0, 0.1) is 0 Å². The highest BCUT2D eigenvalue weighted by Crippen LogP contribution is 2.11. The number of hydrogen-bond donors (Lipinski definition) is 4. The number of carbonyl (C=O) groups is 1. The van der Waals surface area contributed by atoms with Crippen molar-refractivity contribution in [2.75, 3.05) is 31.3 Å². The third kappa shape index (κ3) is 3.95. The molecule has 2 rings (SSSR count). The number of hydrazine groups is 1. The summed E-state index contributed by atoms with van der Waals surface area (Å²) in [5, 5.41) is 18.1. The Balaban J connectivity index is 2.10. The summed E-state index contributed by atoms with van der Waals surface area (Å²) in [4.78, 5) is 12.2. The normalized spacial score (nSPS) is 11.1. The van der Waals surface area contributed by atoms with Crippen molar-refractivity contribution in [3.63, 3.8) is 0 Å². The molecule has 0 radical (unpaired) electrons. The van der Waals surface area contributed by atoms with E-state index in [1.54, 1.807) is 26.2 Å². The smallest absolute Gasteiger partial charge is 0.245 e. The molecule has 2 aromatic rings. The van der Waals surface area contributed by atoms with Gasteiger partial charge in [-0.05, 0) is 22.4 Å². The fourth-order valence-electron chi connectivity index (χ4n) is 1.88. The number of benzene rings is 1. The van der Waals surface area contributed by atoms with E-state index in [0.717, 1.165) is 0 Å². The summed E-state index contributed by atoms with van der Waals surface area (Å²) in [6, 6.07) is 9.11. The molecule has 1 amide bonds. The summed E-state index contributed by atoms with van der Waals surface area (Å²) in [6.45, 7) is -0.0442. The lowest BCUT2D eigenvalue weighted by Crippen LogP contribution is -2.46. The fraction of sp³-hybridized carbons (Fsp3) is 0.231. The van der Waals surface area contributed by atoms with Gasteiger partial charge in [-0.15, -0.1) is 0 Å². The van der Waals surface area contributed by atoms with Crippen LogP contribution in [-0.2, 0) is 4.79 Å². The van der Waals surface area contributed by atoms with Crippen molar-refractivity contribution < 1.29 is 9.42 Å². The minimum atomic E-state index is -0.255. The van der Waals surface area contributed by atoms with E-state index in [-0.39, 0.29) is 24.0 Å². The maximum absolute atomic E-state index is 12.2. The molecule has 0 fully saturated rings. The molecule has 0 aliphatic heterocycles. The van der Waals surface area contributed by atoms with E-state index < -0.39 is 0 Å². The van der Waals surface area contributed by atoms with Gasteiger partial charge in [0.2, 0.25) is 11.7 Å². The van der Waals surface area contributed by atoms with Crippen LogP contribution in [-0.4, -0.2) is 47.7 Å². The average Bonchev–Trinajstić information content (AvgIpc) is 3.04. The van der Waals surface area contributed by atoms with E-state index in [0.29, 0.717) is 11.5 Å². The molecule has 1 heterocycles. The minimum absolute atomic E-state index is 0.0442. The summed E-state index contributed by atoms with van der Waals surface area (Å²) >= 11 is 0. The number of nitrogens with zero attached hydrogens (tertiary/aromatic N) is 4. The lowest BCUT2D eigenvalue weighted by atomic mass is 10.3. The molecule has 0 bridgehead atoms. The molecule has 0 atom stereocenters. The molecule has 0 aliphatic carbocycles. The van der Waals surface area contributed by atoms with Gasteiger partial charge in [0.05, 0.1) is 0 Å². The molecule has 5 N–H and O–H groups in total. The zero-order chi connectivity index (χ0) is 16.7. The third-order valence-electron chi connectivity index (χ3n) is 2.94. The van der Waals surface area contributed by atoms with Crippen LogP contribution in [0.3, 0.4) is 0 Å². The summed E-state index contributed by atoms with van der Waals surface area (Å²) in [6.07, 6.45) is 0. The predicted molar refractivity (Wildman–Crippen MR) is 85.4 cm³/mol. The van der Waals surface area contributed by atoms with E-state index in [9.17, 15) is 4.79 Å². The van der Waals surface area contributed by atoms with Crippen molar-refractivity contribution in [2.45, 2.75) is 0 Å². The van der Waals surface area contributed by atoms with Gasteiger partial charge >= 0.3 is 0 Å². The summed E-state index contributed by atoms with van der Waals surface area (Å²) in [5.74, 6) is 5.74. The van der Waals surface area contributed by atoms with Crippen LogP contribution in [0.15, 0.2) is 40.1 Å². The number of anilines is 2. The molecule has 0 unspecified atom stereocenters. The summed E-state index contributed by atoms with van der Waals surface area (Å²) in [5.41, 5.74) is 3.82. The molecule has 0 saturated carbocycles. The Kier molecular flexibility index (Phi) is 5.47. The van der Waals surface area contributed by atoms with Crippen LogP contribution in [0.25, 0.3) is 0 Å². The standard InChI is InChI=1S/C13H18N8O2/c1-15-12-11(19-23-20-12)13(18-14)21(16-2)8-10(22)17-9-6-4-3-5-7-9/h3-7,16H,8,14H2,1-2H3,(H,15,20)(H,17,22)/b18-13-. The molecular formula is C13H18N8O2. The number of hydrogen-bond acceptors (Lipinski definition) is 8. The topological polar surface area (TPSA) is 134 Å². The van der Waals surface area contributed by atoms with E-state index in [2.05, 4.69) is 36.1 Å². The molecule has 0 saturated heterocycles. The van der Waals surface area contributed by atoms with Gasteiger partial charge in [-0.3, -0.25) is 9.80 Å². The number of nitrogens with one attached hydrogen (secondary N) is 3. The Labute approximate surface area is 132 Å². The van der Waals surface area contributed by atoms with E-state index in [4.69, 9.17) is 5.84 Å². The minimum Gasteiger partial charge on any atom is -0.368 e. The number of aromatic nitrogens is 2. The highest BCUT2D eigenvalue weighted by atomic mass is 16.6. The highest BCUT2D eigenvalue weighted by Gasteiger charge is 2.23. The van der Waals surface area contributed by atoms with Crippen molar-refractivity contribution in [2.24, 2.45) is 10.9 Å². The van der Waals surface area contributed by atoms with Gasteiger partial charge in [-0.25, -0.2) is 10.1 Å². The largest absolute Gasteiger partial charge is 0.368 e. The highest BCUT2D eigenvalue weighted by molar-refractivity contribution is 6.03. The number of amides is 1. The molecule has 1 aromatic heterocycles. The molecule has 0 spiro atoms. The first-order valence-electron chi connectivity index (χ1n) is 6.78. The molecule has 122 valence electrons. The van der Waals surface area contributed by atoms with Crippen molar-refractivity contribution in [1.29, 1.82) is 0 Å². The second-order valence-electron chi connectivity index (χ2n) is 4.39. The first-order chi connectivity index (χ1) is 11.2. The molecule has 1 aromatic carbocycles. The van der Waals surface area contributed by atoms with Crippen LogP contribution < -0.4 is 21.9 Å². The van der Waals surface area contributed by atoms with Crippen LogP contribution >= 0.6 is 0 Å². The number of amidine groups is 1. The number of carbonyl (C=O) groups excluding carboxylic acids is 1.